The Bertz CT molecular complexity index is 463. The molecule has 1 rings (SSSR count). The van der Waals surface area contributed by atoms with Crippen LogP contribution in [-0.2, 0) is 4.84 Å². The van der Waals surface area contributed by atoms with Gasteiger partial charge in [-0.2, -0.15) is 13.2 Å². The molecule has 18 heavy (non-hydrogen) atoms. The fraction of sp³-hybridized carbons (Fsp3) is 0.364. The Kier molecular flexibility index (Phi) is 5.28. The first-order valence-corrected chi connectivity index (χ1v) is 7.02. The molecular formula is C11H12F3NOS2. The minimum absolute atomic E-state index is 0.420. The zero-order chi connectivity index (χ0) is 13.8. The van der Waals surface area contributed by atoms with Crippen LogP contribution in [0, 0.1) is 0 Å². The highest BCUT2D eigenvalue weighted by Gasteiger charge is 2.36. The lowest BCUT2D eigenvalue weighted by atomic mass is 10.3. The molecule has 0 unspecified atom stereocenters. The van der Waals surface area contributed by atoms with Gasteiger partial charge in [0.15, 0.2) is 0 Å². The highest BCUT2D eigenvalue weighted by molar-refractivity contribution is 8.00. The van der Waals surface area contributed by atoms with Gasteiger partial charge in [0.25, 0.3) is 0 Å². The molecule has 0 aliphatic carbocycles. The first kappa shape index (κ1) is 15.1. The molecule has 0 N–H and O–H groups in total. The molecule has 0 amide bonds. The van der Waals surface area contributed by atoms with Crippen LogP contribution in [0.3, 0.4) is 0 Å². The van der Waals surface area contributed by atoms with E-state index in [0.29, 0.717) is 5.71 Å². The molecule has 0 saturated heterocycles. The molecule has 0 aromatic carbocycles. The molecule has 2 nitrogen and oxygen atoms in total. The van der Waals surface area contributed by atoms with E-state index in [2.05, 4.69) is 9.99 Å². The summed E-state index contributed by atoms with van der Waals surface area (Å²) in [5.74, 6) is -1.11. The van der Waals surface area contributed by atoms with Crippen molar-refractivity contribution in [2.24, 2.45) is 5.16 Å². The molecule has 0 spiro atoms. The van der Waals surface area contributed by atoms with E-state index in [1.807, 2.05) is 18.4 Å². The number of hydrogen-bond acceptors (Lipinski definition) is 4. The maximum absolute atomic E-state index is 12.4. The largest absolute Gasteiger partial charge is 0.451 e. The van der Waals surface area contributed by atoms with Crippen molar-refractivity contribution in [3.05, 3.63) is 28.8 Å². The average Bonchev–Trinajstić information content (AvgIpc) is 2.76. The van der Waals surface area contributed by atoms with Crippen LogP contribution >= 0.6 is 23.1 Å². The SMILES string of the molecule is C/C=C(\O/N=C(\C)c1ccc(SC)s1)C(F)(F)F. The minimum Gasteiger partial charge on any atom is -0.352 e. The van der Waals surface area contributed by atoms with Crippen molar-refractivity contribution in [3.63, 3.8) is 0 Å². The van der Waals surface area contributed by atoms with Gasteiger partial charge in [0.05, 0.1) is 14.8 Å². The van der Waals surface area contributed by atoms with Gasteiger partial charge in [0.1, 0.15) is 0 Å². The van der Waals surface area contributed by atoms with Crippen molar-refractivity contribution >= 4 is 28.8 Å². The van der Waals surface area contributed by atoms with Crippen molar-refractivity contribution in [2.75, 3.05) is 6.26 Å². The Labute approximate surface area is 112 Å². The van der Waals surface area contributed by atoms with E-state index in [9.17, 15) is 13.2 Å². The summed E-state index contributed by atoms with van der Waals surface area (Å²) in [6.45, 7) is 2.87. The predicted octanol–water partition coefficient (Wildman–Crippen LogP) is 4.68. The quantitative estimate of drug-likeness (QED) is 0.348. The summed E-state index contributed by atoms with van der Waals surface area (Å²) in [4.78, 5) is 5.23. The van der Waals surface area contributed by atoms with Crippen LogP contribution in [0.2, 0.25) is 0 Å². The fourth-order valence-electron chi connectivity index (χ4n) is 1.06. The van der Waals surface area contributed by atoms with Crippen LogP contribution in [0.25, 0.3) is 0 Å². The third kappa shape index (κ3) is 4.06. The van der Waals surface area contributed by atoms with Gasteiger partial charge in [-0.3, -0.25) is 0 Å². The average molecular weight is 295 g/mol. The van der Waals surface area contributed by atoms with Crippen LogP contribution in [0.1, 0.15) is 18.7 Å². The summed E-state index contributed by atoms with van der Waals surface area (Å²) in [6.07, 6.45) is -1.74. The van der Waals surface area contributed by atoms with Gasteiger partial charge in [-0.05, 0) is 38.3 Å². The van der Waals surface area contributed by atoms with E-state index in [1.54, 1.807) is 18.7 Å². The Morgan fingerprint density at radius 2 is 2.11 bits per heavy atom. The van der Waals surface area contributed by atoms with Crippen LogP contribution in [0.4, 0.5) is 13.2 Å². The molecule has 0 fully saturated rings. The van der Waals surface area contributed by atoms with Crippen molar-refractivity contribution in [3.8, 4) is 0 Å². The summed E-state index contributed by atoms with van der Waals surface area (Å²) in [5, 5.41) is 3.51. The van der Waals surface area contributed by atoms with E-state index in [1.165, 1.54) is 18.3 Å². The number of thioether (sulfide) groups is 1. The smallest absolute Gasteiger partial charge is 0.352 e. The van der Waals surface area contributed by atoms with Crippen molar-refractivity contribution in [1.29, 1.82) is 0 Å². The number of thiophene rings is 1. The summed E-state index contributed by atoms with van der Waals surface area (Å²) in [7, 11) is 0. The molecule has 7 heteroatoms. The predicted molar refractivity (Wildman–Crippen MR) is 69.2 cm³/mol. The van der Waals surface area contributed by atoms with Crippen molar-refractivity contribution in [1.82, 2.24) is 0 Å². The summed E-state index contributed by atoms with van der Waals surface area (Å²) in [6, 6.07) is 3.70. The van der Waals surface area contributed by atoms with Gasteiger partial charge >= 0.3 is 6.18 Å². The molecule has 0 atom stereocenters. The number of alkyl halides is 3. The minimum atomic E-state index is -4.52. The number of rotatable bonds is 4. The molecule has 1 aromatic rings. The van der Waals surface area contributed by atoms with E-state index in [-0.39, 0.29) is 0 Å². The van der Waals surface area contributed by atoms with Gasteiger partial charge in [-0.1, -0.05) is 5.16 Å². The molecule has 0 bridgehead atoms. The third-order valence-electron chi connectivity index (χ3n) is 1.96. The third-order valence-corrected chi connectivity index (χ3v) is 4.24. The van der Waals surface area contributed by atoms with Gasteiger partial charge in [-0.15, -0.1) is 23.1 Å². The fourth-order valence-corrected chi connectivity index (χ4v) is 2.54. The maximum Gasteiger partial charge on any atom is 0.451 e. The second kappa shape index (κ2) is 6.29. The first-order valence-electron chi connectivity index (χ1n) is 4.97. The van der Waals surface area contributed by atoms with E-state index >= 15 is 0 Å². The first-order chi connectivity index (χ1) is 8.38. The number of halogens is 3. The van der Waals surface area contributed by atoms with Crippen LogP contribution in [0.5, 0.6) is 0 Å². The highest BCUT2D eigenvalue weighted by atomic mass is 32.2. The van der Waals surface area contributed by atoms with E-state index < -0.39 is 11.9 Å². The lowest BCUT2D eigenvalue weighted by molar-refractivity contribution is -0.130. The van der Waals surface area contributed by atoms with E-state index in [4.69, 9.17) is 0 Å². The number of hydrogen-bond donors (Lipinski definition) is 0. The maximum atomic E-state index is 12.4. The molecule has 0 radical (unpaired) electrons. The second-order valence-electron chi connectivity index (χ2n) is 3.24. The monoisotopic (exact) mass is 295 g/mol. The normalized spacial score (nSPS) is 13.9. The van der Waals surface area contributed by atoms with Gasteiger partial charge in [0.2, 0.25) is 5.76 Å². The summed E-state index contributed by atoms with van der Waals surface area (Å²) >= 11 is 3.03. The lowest BCUT2D eigenvalue weighted by Gasteiger charge is -2.08. The molecule has 0 aliphatic rings. The second-order valence-corrected chi connectivity index (χ2v) is 5.43. The van der Waals surface area contributed by atoms with Gasteiger partial charge in [0, 0.05) is 0 Å². The number of allylic oxidation sites excluding steroid dienone is 2. The highest BCUT2D eigenvalue weighted by Crippen LogP contribution is 2.28. The van der Waals surface area contributed by atoms with Crippen molar-refractivity contribution in [2.45, 2.75) is 24.2 Å². The zero-order valence-corrected chi connectivity index (χ0v) is 11.7. The zero-order valence-electron chi connectivity index (χ0n) is 10.0. The number of oxime groups is 1. The molecule has 0 saturated carbocycles. The Hall–Kier alpha value is -0.950. The molecule has 1 heterocycles. The van der Waals surface area contributed by atoms with Crippen LogP contribution < -0.4 is 0 Å². The molecule has 0 aliphatic heterocycles. The molecular weight excluding hydrogens is 283 g/mol. The Morgan fingerprint density at radius 1 is 1.44 bits per heavy atom. The van der Waals surface area contributed by atoms with Crippen molar-refractivity contribution < 1.29 is 18.0 Å². The summed E-state index contributed by atoms with van der Waals surface area (Å²) < 4.78 is 38.2. The molecule has 100 valence electrons. The lowest BCUT2D eigenvalue weighted by Crippen LogP contribution is -2.13. The Balaban J connectivity index is 2.78. The standard InChI is InChI=1S/C11H12F3NOS2/c1-4-9(11(12,13)14)16-15-7(2)8-5-6-10(17-3)18-8/h4-6H,1-3H3/b9-4-,15-7+. The topological polar surface area (TPSA) is 21.6 Å². The molecule has 1 aromatic heterocycles. The van der Waals surface area contributed by atoms with Gasteiger partial charge in [-0.25, -0.2) is 0 Å². The van der Waals surface area contributed by atoms with E-state index in [0.717, 1.165) is 15.2 Å². The van der Waals surface area contributed by atoms with Gasteiger partial charge < -0.3 is 4.84 Å². The van der Waals surface area contributed by atoms with Crippen LogP contribution in [0.15, 0.2) is 33.3 Å². The Morgan fingerprint density at radius 3 is 2.56 bits per heavy atom. The summed E-state index contributed by atoms with van der Waals surface area (Å²) in [5.41, 5.74) is 0.420. The number of nitrogens with zero attached hydrogens (tertiary/aromatic N) is 1. The van der Waals surface area contributed by atoms with Crippen LogP contribution in [-0.4, -0.2) is 18.1 Å².